The Balaban J connectivity index is 2.46. The highest BCUT2D eigenvalue weighted by Gasteiger charge is 2.36. The van der Waals surface area contributed by atoms with E-state index in [1.54, 1.807) is 6.92 Å². The summed E-state index contributed by atoms with van der Waals surface area (Å²) >= 11 is 0. The highest BCUT2D eigenvalue weighted by Crippen LogP contribution is 2.41. The van der Waals surface area contributed by atoms with Crippen molar-refractivity contribution in [3.8, 4) is 0 Å². The van der Waals surface area contributed by atoms with Crippen LogP contribution in [-0.4, -0.2) is 18.0 Å². The van der Waals surface area contributed by atoms with Gasteiger partial charge >= 0.3 is 0 Å². The van der Waals surface area contributed by atoms with Gasteiger partial charge in [-0.1, -0.05) is 6.92 Å². The number of hydrogen-bond acceptors (Lipinski definition) is 3. The SMILES string of the molecule is CCN1c2ccc(C(C)=O)cc2N[C@]1(C)CC. The molecule has 1 aromatic rings. The summed E-state index contributed by atoms with van der Waals surface area (Å²) in [4.78, 5) is 13.7. The minimum Gasteiger partial charge on any atom is -0.361 e. The van der Waals surface area contributed by atoms with Gasteiger partial charge in [0, 0.05) is 12.1 Å². The second-order valence-corrected chi connectivity index (χ2v) is 4.78. The van der Waals surface area contributed by atoms with E-state index in [-0.39, 0.29) is 11.4 Å². The van der Waals surface area contributed by atoms with E-state index in [9.17, 15) is 4.79 Å². The van der Waals surface area contributed by atoms with Gasteiger partial charge in [0.1, 0.15) is 5.66 Å². The molecule has 3 nitrogen and oxygen atoms in total. The van der Waals surface area contributed by atoms with Crippen LogP contribution in [0.2, 0.25) is 0 Å². The molecule has 3 heteroatoms. The van der Waals surface area contributed by atoms with E-state index >= 15 is 0 Å². The largest absolute Gasteiger partial charge is 0.361 e. The molecule has 0 fully saturated rings. The lowest BCUT2D eigenvalue weighted by atomic mass is 10.1. The summed E-state index contributed by atoms with van der Waals surface area (Å²) < 4.78 is 0. The van der Waals surface area contributed by atoms with Crippen LogP contribution >= 0.6 is 0 Å². The van der Waals surface area contributed by atoms with Crippen LogP contribution in [0.15, 0.2) is 18.2 Å². The molecule has 1 aliphatic heterocycles. The van der Waals surface area contributed by atoms with Gasteiger partial charge in [-0.3, -0.25) is 4.79 Å². The lowest BCUT2D eigenvalue weighted by Crippen LogP contribution is -2.47. The first-order valence-corrected chi connectivity index (χ1v) is 6.22. The topological polar surface area (TPSA) is 32.3 Å². The Labute approximate surface area is 103 Å². The zero-order valence-corrected chi connectivity index (χ0v) is 11.0. The maximum atomic E-state index is 11.4. The minimum absolute atomic E-state index is 0.0352. The molecule has 92 valence electrons. The van der Waals surface area contributed by atoms with E-state index in [4.69, 9.17) is 0 Å². The fraction of sp³-hybridized carbons (Fsp3) is 0.500. The summed E-state index contributed by atoms with van der Waals surface area (Å²) in [5.74, 6) is 0.114. The number of rotatable bonds is 3. The lowest BCUT2D eigenvalue weighted by molar-refractivity contribution is 0.101. The average molecular weight is 232 g/mol. The molecule has 1 N–H and O–H groups in total. The van der Waals surface area contributed by atoms with Crippen LogP contribution in [0.25, 0.3) is 0 Å². The van der Waals surface area contributed by atoms with Gasteiger partial charge in [0.15, 0.2) is 5.78 Å². The molecule has 0 amide bonds. The summed E-state index contributed by atoms with van der Waals surface area (Å²) in [5.41, 5.74) is 3.00. The maximum Gasteiger partial charge on any atom is 0.159 e. The number of carbonyl (C=O) groups is 1. The first-order valence-electron chi connectivity index (χ1n) is 6.22. The number of hydrogen-bond donors (Lipinski definition) is 1. The number of nitrogens with one attached hydrogen (secondary N) is 1. The monoisotopic (exact) mass is 232 g/mol. The van der Waals surface area contributed by atoms with Crippen molar-refractivity contribution in [1.82, 2.24) is 0 Å². The van der Waals surface area contributed by atoms with Crippen LogP contribution in [0.5, 0.6) is 0 Å². The van der Waals surface area contributed by atoms with Crippen molar-refractivity contribution >= 4 is 17.2 Å². The number of ketones is 1. The van der Waals surface area contributed by atoms with Crippen LogP contribution in [-0.2, 0) is 0 Å². The Morgan fingerprint density at radius 1 is 1.41 bits per heavy atom. The fourth-order valence-electron chi connectivity index (χ4n) is 2.51. The number of benzene rings is 1. The highest BCUT2D eigenvalue weighted by molar-refractivity contribution is 5.97. The second kappa shape index (κ2) is 4.06. The summed E-state index contributed by atoms with van der Waals surface area (Å²) in [5, 5.41) is 3.53. The molecule has 2 rings (SSSR count). The minimum atomic E-state index is -0.0352. The van der Waals surface area contributed by atoms with E-state index in [0.29, 0.717) is 0 Å². The Bertz CT molecular complexity index is 456. The number of fused-ring (bicyclic) bond motifs is 1. The highest BCUT2D eigenvalue weighted by atomic mass is 16.1. The van der Waals surface area contributed by atoms with E-state index in [1.165, 1.54) is 5.69 Å². The van der Waals surface area contributed by atoms with Crippen molar-refractivity contribution in [3.05, 3.63) is 23.8 Å². The van der Waals surface area contributed by atoms with E-state index in [1.807, 2.05) is 18.2 Å². The predicted molar refractivity (Wildman–Crippen MR) is 71.8 cm³/mol. The molecule has 0 spiro atoms. The lowest BCUT2D eigenvalue weighted by Gasteiger charge is -2.35. The molecule has 0 bridgehead atoms. The Kier molecular flexibility index (Phi) is 2.86. The van der Waals surface area contributed by atoms with Crippen molar-refractivity contribution in [2.45, 2.75) is 39.8 Å². The van der Waals surface area contributed by atoms with Crippen molar-refractivity contribution in [3.63, 3.8) is 0 Å². The molecule has 1 aromatic carbocycles. The normalized spacial score (nSPS) is 22.2. The molecule has 1 atom stereocenters. The molecule has 0 radical (unpaired) electrons. The van der Waals surface area contributed by atoms with Crippen molar-refractivity contribution in [1.29, 1.82) is 0 Å². The van der Waals surface area contributed by atoms with Crippen molar-refractivity contribution < 1.29 is 4.79 Å². The Morgan fingerprint density at radius 2 is 2.12 bits per heavy atom. The quantitative estimate of drug-likeness (QED) is 0.812. The smallest absolute Gasteiger partial charge is 0.159 e. The van der Waals surface area contributed by atoms with Crippen LogP contribution < -0.4 is 10.2 Å². The number of carbonyl (C=O) groups excluding carboxylic acids is 1. The van der Waals surface area contributed by atoms with Crippen LogP contribution in [0.3, 0.4) is 0 Å². The van der Waals surface area contributed by atoms with Crippen molar-refractivity contribution in [2.75, 3.05) is 16.8 Å². The third kappa shape index (κ3) is 1.79. The molecular weight excluding hydrogens is 212 g/mol. The van der Waals surface area contributed by atoms with Gasteiger partial charge in [0.05, 0.1) is 11.4 Å². The third-order valence-corrected chi connectivity index (χ3v) is 3.70. The summed E-state index contributed by atoms with van der Waals surface area (Å²) in [6.07, 6.45) is 1.02. The van der Waals surface area contributed by atoms with E-state index < -0.39 is 0 Å². The van der Waals surface area contributed by atoms with Gasteiger partial charge in [0.2, 0.25) is 0 Å². The molecule has 0 saturated carbocycles. The zero-order chi connectivity index (χ0) is 12.6. The number of anilines is 2. The van der Waals surface area contributed by atoms with E-state index in [2.05, 4.69) is 31.0 Å². The molecule has 1 heterocycles. The fourth-order valence-corrected chi connectivity index (χ4v) is 2.51. The zero-order valence-electron chi connectivity index (χ0n) is 11.0. The van der Waals surface area contributed by atoms with Gasteiger partial charge in [-0.25, -0.2) is 0 Å². The van der Waals surface area contributed by atoms with Crippen LogP contribution in [0.4, 0.5) is 11.4 Å². The van der Waals surface area contributed by atoms with E-state index in [0.717, 1.165) is 24.2 Å². The standard InChI is InChI=1S/C14H20N2O/c1-5-14(4)15-12-9-11(10(3)17)7-8-13(12)16(14)6-2/h7-9,15H,5-6H2,1-4H3/t14-/m0/s1. The molecule has 17 heavy (non-hydrogen) atoms. The maximum absolute atomic E-state index is 11.4. The van der Waals surface area contributed by atoms with Gasteiger partial charge in [0.25, 0.3) is 0 Å². The first-order chi connectivity index (χ1) is 8.01. The Morgan fingerprint density at radius 3 is 2.65 bits per heavy atom. The summed E-state index contributed by atoms with van der Waals surface area (Å²) in [6.45, 7) is 9.10. The summed E-state index contributed by atoms with van der Waals surface area (Å²) in [7, 11) is 0. The molecular formula is C14H20N2O. The molecule has 0 aromatic heterocycles. The van der Waals surface area contributed by atoms with Gasteiger partial charge < -0.3 is 10.2 Å². The van der Waals surface area contributed by atoms with Gasteiger partial charge in [-0.05, 0) is 45.4 Å². The van der Waals surface area contributed by atoms with Crippen molar-refractivity contribution in [2.24, 2.45) is 0 Å². The van der Waals surface area contributed by atoms with Crippen LogP contribution in [0, 0.1) is 0 Å². The van der Waals surface area contributed by atoms with Crippen LogP contribution in [0.1, 0.15) is 44.5 Å². The molecule has 0 aliphatic carbocycles. The summed E-state index contributed by atoms with van der Waals surface area (Å²) in [6, 6.07) is 5.91. The molecule has 0 saturated heterocycles. The first kappa shape index (κ1) is 12.0. The van der Waals surface area contributed by atoms with Gasteiger partial charge in [-0.15, -0.1) is 0 Å². The third-order valence-electron chi connectivity index (χ3n) is 3.70. The average Bonchev–Trinajstić information content (AvgIpc) is 2.60. The molecule has 0 unspecified atom stereocenters. The predicted octanol–water partition coefficient (Wildman–Crippen LogP) is 3.27. The molecule has 1 aliphatic rings. The Hall–Kier alpha value is -1.51. The number of nitrogens with zero attached hydrogens (tertiary/aromatic N) is 1. The number of Topliss-reactive ketones (excluding diaryl/α,β-unsaturated/α-hetero) is 1. The van der Waals surface area contributed by atoms with Gasteiger partial charge in [-0.2, -0.15) is 0 Å². The second-order valence-electron chi connectivity index (χ2n) is 4.78.